The molecule has 0 saturated carbocycles. The fourth-order valence-corrected chi connectivity index (χ4v) is 4.76. The minimum atomic E-state index is -0.897. The zero-order chi connectivity index (χ0) is 23.7. The first kappa shape index (κ1) is 22.3. The van der Waals surface area contributed by atoms with Gasteiger partial charge in [0.1, 0.15) is 0 Å². The molecule has 1 amide bonds. The van der Waals surface area contributed by atoms with Gasteiger partial charge in [0.05, 0.1) is 40.8 Å². The number of ether oxygens (including phenoxy) is 1. The summed E-state index contributed by atoms with van der Waals surface area (Å²) < 4.78 is 4.74. The van der Waals surface area contributed by atoms with Crippen LogP contribution < -0.4 is 10.1 Å². The molecule has 9 heteroatoms. The average Bonchev–Trinajstić information content (AvgIpc) is 3.29. The summed E-state index contributed by atoms with van der Waals surface area (Å²) in [5, 5.41) is 13.8. The number of amides is 1. The highest BCUT2D eigenvalue weighted by atomic mass is 32.1. The van der Waals surface area contributed by atoms with E-state index in [1.807, 2.05) is 6.07 Å². The van der Waals surface area contributed by atoms with E-state index in [-0.39, 0.29) is 12.1 Å². The summed E-state index contributed by atoms with van der Waals surface area (Å²) >= 11 is 1.19. The van der Waals surface area contributed by atoms with Crippen LogP contribution in [0, 0.1) is 13.8 Å². The normalized spacial score (nSPS) is 15.8. The summed E-state index contributed by atoms with van der Waals surface area (Å²) in [6.07, 6.45) is 3.46. The number of pyridine rings is 1. The molecule has 1 aliphatic rings. The van der Waals surface area contributed by atoms with E-state index in [1.165, 1.54) is 23.3 Å². The summed E-state index contributed by atoms with van der Waals surface area (Å²) in [5.74, 6) is -2.58. The largest absolute Gasteiger partial charge is 0.868 e. The number of rotatable bonds is 6. The molecule has 4 rings (SSSR count). The van der Waals surface area contributed by atoms with Crippen LogP contribution in [0.5, 0.6) is 0 Å². The number of thiazole rings is 1. The molecule has 33 heavy (non-hydrogen) atoms. The molecule has 0 saturated heterocycles. The number of benzene rings is 1. The molecule has 0 radical (unpaired) electrons. The van der Waals surface area contributed by atoms with Gasteiger partial charge in [-0.3, -0.25) is 9.59 Å². The highest BCUT2D eigenvalue weighted by molar-refractivity contribution is 7.14. The van der Waals surface area contributed by atoms with Crippen molar-refractivity contribution in [2.24, 2.45) is 0 Å². The van der Waals surface area contributed by atoms with Crippen molar-refractivity contribution in [2.45, 2.75) is 26.4 Å². The number of carbonyl (C=O) groups is 3. The second-order valence-corrected chi connectivity index (χ2v) is 8.78. The van der Waals surface area contributed by atoms with Gasteiger partial charge in [0, 0.05) is 17.2 Å². The Bertz CT molecular complexity index is 1270. The monoisotopic (exact) mass is 463 g/mol. The molecule has 168 valence electrons. The van der Waals surface area contributed by atoms with Crippen LogP contribution in [0.4, 0.5) is 0 Å². The molecule has 8 nitrogen and oxygen atoms in total. The Labute approximate surface area is 194 Å². The molecule has 3 heterocycles. The van der Waals surface area contributed by atoms with Crippen molar-refractivity contribution in [2.75, 3.05) is 7.11 Å². The van der Waals surface area contributed by atoms with Crippen molar-refractivity contribution in [3.8, 4) is 0 Å². The van der Waals surface area contributed by atoms with E-state index in [1.54, 1.807) is 56.6 Å². The molecule has 0 fully saturated rings. The lowest BCUT2D eigenvalue weighted by atomic mass is 9.94. The van der Waals surface area contributed by atoms with Crippen LogP contribution in [0.1, 0.15) is 47.9 Å². The molecule has 0 aliphatic carbocycles. The van der Waals surface area contributed by atoms with Gasteiger partial charge in [0.25, 0.3) is 0 Å². The van der Waals surface area contributed by atoms with Gasteiger partial charge in [-0.2, -0.15) is 0 Å². The van der Waals surface area contributed by atoms with Crippen LogP contribution in [-0.4, -0.2) is 34.7 Å². The number of methoxy groups -OCH3 is 1. The second kappa shape index (κ2) is 8.95. The SMILES string of the molecule is COC(=O)c1ccc(C2C(C(=O)c3sc(C)nc3C)=C([O-])C(=O)N2Cc2ccc[nH+]c2)cc1. The number of aromatic amines is 1. The smallest absolute Gasteiger partial charge is 0.337 e. The molecular weight excluding hydrogens is 442 g/mol. The molecule has 1 aromatic carbocycles. The number of carbonyl (C=O) groups excluding carboxylic acids is 3. The predicted octanol–water partition coefficient (Wildman–Crippen LogP) is 1.94. The number of hydrogen-bond acceptors (Lipinski definition) is 7. The molecule has 0 bridgehead atoms. The third-order valence-corrected chi connectivity index (χ3v) is 6.48. The Morgan fingerprint density at radius 2 is 1.94 bits per heavy atom. The van der Waals surface area contributed by atoms with Crippen LogP contribution >= 0.6 is 11.3 Å². The molecule has 3 aromatic rings. The van der Waals surface area contributed by atoms with Gasteiger partial charge in [0.15, 0.2) is 12.4 Å². The predicted molar refractivity (Wildman–Crippen MR) is 117 cm³/mol. The maximum atomic E-state index is 13.5. The topological polar surface area (TPSA) is 114 Å². The first-order chi connectivity index (χ1) is 15.8. The zero-order valence-corrected chi connectivity index (χ0v) is 19.1. The van der Waals surface area contributed by atoms with Crippen molar-refractivity contribution >= 4 is 29.0 Å². The van der Waals surface area contributed by atoms with E-state index in [2.05, 4.69) is 9.97 Å². The van der Waals surface area contributed by atoms with Gasteiger partial charge in [-0.05, 0) is 43.4 Å². The Morgan fingerprint density at radius 1 is 1.21 bits per heavy atom. The fraction of sp³-hybridized carbons (Fsp3) is 0.208. The second-order valence-electron chi connectivity index (χ2n) is 7.58. The number of nitrogens with one attached hydrogen (secondary N) is 1. The standard InChI is InChI=1S/C24H21N3O5S/c1-13-22(33-14(2)26-13)20(28)18-19(16-6-8-17(9-7-16)24(31)32-3)27(23(30)21(18)29)12-15-5-4-10-25-11-15/h4-11,19,29H,12H2,1-3H3. The first-order valence-corrected chi connectivity index (χ1v) is 11.0. The van der Waals surface area contributed by atoms with Gasteiger partial charge in [-0.25, -0.2) is 14.8 Å². The van der Waals surface area contributed by atoms with Crippen molar-refractivity contribution in [1.29, 1.82) is 0 Å². The lowest BCUT2D eigenvalue weighted by Gasteiger charge is -2.27. The van der Waals surface area contributed by atoms with Gasteiger partial charge >= 0.3 is 5.97 Å². The van der Waals surface area contributed by atoms with Crippen molar-refractivity contribution in [3.63, 3.8) is 0 Å². The molecule has 1 unspecified atom stereocenters. The Hall–Kier alpha value is -3.85. The summed E-state index contributed by atoms with van der Waals surface area (Å²) in [7, 11) is 1.28. The number of nitrogens with zero attached hydrogens (tertiary/aromatic N) is 2. The van der Waals surface area contributed by atoms with Gasteiger partial charge in [0.2, 0.25) is 11.7 Å². The van der Waals surface area contributed by atoms with Crippen molar-refractivity contribution in [3.05, 3.63) is 92.4 Å². The molecule has 2 aromatic heterocycles. The van der Waals surface area contributed by atoms with Crippen LogP contribution in [-0.2, 0) is 16.1 Å². The first-order valence-electron chi connectivity index (χ1n) is 10.2. The maximum absolute atomic E-state index is 13.5. The number of ketones is 1. The van der Waals surface area contributed by atoms with Crippen LogP contribution in [0.15, 0.2) is 60.1 Å². The van der Waals surface area contributed by atoms with Crippen LogP contribution in [0.3, 0.4) is 0 Å². The van der Waals surface area contributed by atoms with E-state index in [9.17, 15) is 19.5 Å². The molecule has 0 spiro atoms. The Kier molecular flexibility index (Phi) is 6.06. The quantitative estimate of drug-likeness (QED) is 0.408. The minimum absolute atomic E-state index is 0.113. The van der Waals surface area contributed by atoms with E-state index >= 15 is 0 Å². The van der Waals surface area contributed by atoms with Gasteiger partial charge in [-0.15, -0.1) is 11.3 Å². The molecule has 1 N–H and O–H groups in total. The number of H-pyrrole nitrogens is 1. The molecule has 1 aliphatic heterocycles. The summed E-state index contributed by atoms with van der Waals surface area (Å²) in [5.41, 5.74) is 2.05. The van der Waals surface area contributed by atoms with Crippen LogP contribution in [0.2, 0.25) is 0 Å². The third kappa shape index (κ3) is 4.14. The van der Waals surface area contributed by atoms with Crippen molar-refractivity contribution in [1.82, 2.24) is 9.88 Å². The molecular formula is C24H21N3O5S. The van der Waals surface area contributed by atoms with E-state index in [4.69, 9.17) is 4.74 Å². The maximum Gasteiger partial charge on any atom is 0.337 e. The van der Waals surface area contributed by atoms with Crippen molar-refractivity contribution < 1.29 is 29.2 Å². The van der Waals surface area contributed by atoms with E-state index in [0.29, 0.717) is 26.7 Å². The average molecular weight is 464 g/mol. The fourth-order valence-electron chi connectivity index (χ4n) is 3.89. The minimum Gasteiger partial charge on any atom is -0.868 e. The summed E-state index contributed by atoms with van der Waals surface area (Å²) in [4.78, 5) is 47.4. The highest BCUT2D eigenvalue weighted by Gasteiger charge is 2.40. The van der Waals surface area contributed by atoms with Gasteiger partial charge < -0.3 is 14.7 Å². The number of aryl methyl sites for hydroxylation is 2. The molecule has 1 atom stereocenters. The number of esters is 1. The Morgan fingerprint density at radius 3 is 2.52 bits per heavy atom. The lowest BCUT2D eigenvalue weighted by molar-refractivity contribution is -0.378. The summed E-state index contributed by atoms with van der Waals surface area (Å²) in [6, 6.07) is 9.07. The number of hydrogen-bond donors (Lipinski definition) is 0. The zero-order valence-electron chi connectivity index (χ0n) is 18.2. The van der Waals surface area contributed by atoms with Gasteiger partial charge in [-0.1, -0.05) is 12.1 Å². The summed E-state index contributed by atoms with van der Waals surface area (Å²) in [6.45, 7) is 3.61. The lowest BCUT2D eigenvalue weighted by Crippen LogP contribution is -2.32. The third-order valence-electron chi connectivity index (χ3n) is 5.41. The Balaban J connectivity index is 1.80. The number of aromatic nitrogens is 2. The van der Waals surface area contributed by atoms with E-state index in [0.717, 1.165) is 5.56 Å². The van der Waals surface area contributed by atoms with E-state index < -0.39 is 29.5 Å². The van der Waals surface area contributed by atoms with Crippen LogP contribution in [0.25, 0.3) is 0 Å². The number of Topliss-reactive ketones (excluding diaryl/α,β-unsaturated/α-hetero) is 1. The highest BCUT2D eigenvalue weighted by Crippen LogP contribution is 2.40.